The number of pyridine rings is 1. The predicted octanol–water partition coefficient (Wildman–Crippen LogP) is 4.98. The molecule has 0 bridgehead atoms. The van der Waals surface area contributed by atoms with Crippen LogP contribution in [0.15, 0.2) is 79.1 Å². The highest BCUT2D eigenvalue weighted by Crippen LogP contribution is 2.43. The average molecular weight is 369 g/mol. The smallest absolute Gasteiger partial charge is 0.259 e. The fourth-order valence-corrected chi connectivity index (χ4v) is 4.57. The lowest BCUT2D eigenvalue weighted by Crippen LogP contribution is -2.10. The molecule has 0 aliphatic rings. The first-order valence-corrected chi connectivity index (χ1v) is 9.39. The molecule has 3 heterocycles. The van der Waals surface area contributed by atoms with Gasteiger partial charge in [-0.2, -0.15) is 0 Å². The van der Waals surface area contributed by atoms with Crippen LogP contribution < -0.4 is 5.73 Å². The molecule has 1 amide bonds. The summed E-state index contributed by atoms with van der Waals surface area (Å²) in [4.78, 5) is 17.5. The molecule has 0 unspecified atom stereocenters. The van der Waals surface area contributed by atoms with Crippen LogP contribution in [0.1, 0.15) is 9.67 Å². The second kappa shape index (κ2) is 6.07. The molecule has 5 rings (SSSR count). The third-order valence-corrected chi connectivity index (χ3v) is 5.81. The van der Waals surface area contributed by atoms with Crippen molar-refractivity contribution in [3.05, 3.63) is 84.0 Å². The largest absolute Gasteiger partial charge is 0.365 e. The molecule has 5 heteroatoms. The molecule has 0 saturated carbocycles. The van der Waals surface area contributed by atoms with Gasteiger partial charge < -0.3 is 10.1 Å². The van der Waals surface area contributed by atoms with Crippen molar-refractivity contribution in [2.24, 2.45) is 5.73 Å². The number of fused-ring (bicyclic) bond motifs is 2. The second-order valence-electron chi connectivity index (χ2n) is 6.31. The zero-order valence-electron chi connectivity index (χ0n) is 14.3. The van der Waals surface area contributed by atoms with Crippen molar-refractivity contribution in [1.82, 2.24) is 9.38 Å². The number of amides is 1. The van der Waals surface area contributed by atoms with Gasteiger partial charge in [-0.3, -0.25) is 4.79 Å². The molecular weight excluding hydrogens is 354 g/mol. The summed E-state index contributed by atoms with van der Waals surface area (Å²) in [5, 5.41) is 1.02. The lowest BCUT2D eigenvalue weighted by molar-refractivity contribution is 0.100. The Morgan fingerprint density at radius 2 is 1.78 bits per heavy atom. The minimum absolute atomic E-state index is 0.428. The van der Waals surface area contributed by atoms with Gasteiger partial charge in [-0.1, -0.05) is 48.5 Å². The normalized spacial score (nSPS) is 11.3. The van der Waals surface area contributed by atoms with E-state index in [1.807, 2.05) is 65.3 Å². The van der Waals surface area contributed by atoms with E-state index >= 15 is 0 Å². The van der Waals surface area contributed by atoms with Gasteiger partial charge in [0, 0.05) is 28.0 Å². The highest BCUT2D eigenvalue weighted by atomic mass is 32.1. The molecule has 0 fully saturated rings. The highest BCUT2D eigenvalue weighted by molar-refractivity contribution is 7.21. The molecule has 0 spiro atoms. The van der Waals surface area contributed by atoms with E-state index in [0.29, 0.717) is 4.88 Å². The summed E-state index contributed by atoms with van der Waals surface area (Å²) in [6.45, 7) is 0. The van der Waals surface area contributed by atoms with Gasteiger partial charge in [0.15, 0.2) is 0 Å². The topological polar surface area (TPSA) is 60.4 Å². The van der Waals surface area contributed by atoms with Gasteiger partial charge in [0.1, 0.15) is 10.5 Å². The quantitative estimate of drug-likeness (QED) is 0.487. The molecule has 4 nitrogen and oxygen atoms in total. The van der Waals surface area contributed by atoms with E-state index in [0.717, 1.165) is 38.1 Å². The van der Waals surface area contributed by atoms with E-state index in [-0.39, 0.29) is 0 Å². The number of rotatable bonds is 3. The number of imidazole rings is 1. The second-order valence-corrected chi connectivity index (χ2v) is 7.36. The summed E-state index contributed by atoms with van der Waals surface area (Å²) in [5.41, 5.74) is 10.3. The Kier molecular flexibility index (Phi) is 3.55. The number of thiophene rings is 1. The first kappa shape index (κ1) is 15.8. The van der Waals surface area contributed by atoms with Gasteiger partial charge in [-0.25, -0.2) is 4.98 Å². The van der Waals surface area contributed by atoms with Crippen LogP contribution in [-0.2, 0) is 0 Å². The van der Waals surface area contributed by atoms with E-state index < -0.39 is 5.91 Å². The van der Waals surface area contributed by atoms with Gasteiger partial charge >= 0.3 is 0 Å². The van der Waals surface area contributed by atoms with Gasteiger partial charge in [0.05, 0.1) is 5.69 Å². The van der Waals surface area contributed by atoms with Crippen LogP contribution in [0.25, 0.3) is 38.1 Å². The van der Waals surface area contributed by atoms with Crippen LogP contribution >= 0.6 is 11.3 Å². The summed E-state index contributed by atoms with van der Waals surface area (Å²) in [6, 6.07) is 22.1. The number of nitrogens with zero attached hydrogens (tertiary/aromatic N) is 2. The van der Waals surface area contributed by atoms with Crippen LogP contribution in [0.2, 0.25) is 0 Å². The summed E-state index contributed by atoms with van der Waals surface area (Å²) in [7, 11) is 0. The highest BCUT2D eigenvalue weighted by Gasteiger charge is 2.22. The zero-order chi connectivity index (χ0) is 18.4. The third-order valence-electron chi connectivity index (χ3n) is 4.64. The maximum atomic E-state index is 12.2. The molecule has 130 valence electrons. The SMILES string of the molecule is NC(=O)c1sc2cccc(-c3ccccc3)c2c1-c1cn2ccccc2n1. The van der Waals surface area contributed by atoms with Crippen molar-refractivity contribution >= 4 is 33.0 Å². The minimum atomic E-state index is -0.428. The maximum absolute atomic E-state index is 12.2. The first-order valence-electron chi connectivity index (χ1n) is 8.57. The van der Waals surface area contributed by atoms with Crippen LogP contribution in [0.5, 0.6) is 0 Å². The molecule has 2 aromatic carbocycles. The van der Waals surface area contributed by atoms with Crippen LogP contribution in [0.3, 0.4) is 0 Å². The Bertz CT molecular complexity index is 1270. The predicted molar refractivity (Wildman–Crippen MR) is 110 cm³/mol. The molecule has 0 aliphatic heterocycles. The number of benzene rings is 2. The zero-order valence-corrected chi connectivity index (χ0v) is 15.1. The molecule has 5 aromatic rings. The molecule has 27 heavy (non-hydrogen) atoms. The summed E-state index contributed by atoms with van der Waals surface area (Å²) in [6.07, 6.45) is 3.90. The number of carbonyl (C=O) groups is 1. The minimum Gasteiger partial charge on any atom is -0.365 e. The van der Waals surface area contributed by atoms with Crippen LogP contribution in [0, 0.1) is 0 Å². The number of hydrogen-bond donors (Lipinski definition) is 1. The Morgan fingerprint density at radius 1 is 0.963 bits per heavy atom. The third kappa shape index (κ3) is 2.52. The van der Waals surface area contributed by atoms with E-state index in [2.05, 4.69) is 18.2 Å². The first-order chi connectivity index (χ1) is 13.2. The maximum Gasteiger partial charge on any atom is 0.259 e. The molecule has 0 aliphatic carbocycles. The molecular formula is C22H15N3OS. The Morgan fingerprint density at radius 3 is 2.56 bits per heavy atom. The van der Waals surface area contributed by atoms with Gasteiger partial charge in [-0.15, -0.1) is 11.3 Å². The monoisotopic (exact) mass is 369 g/mol. The molecule has 2 N–H and O–H groups in total. The summed E-state index contributed by atoms with van der Waals surface area (Å²) < 4.78 is 2.98. The Balaban J connectivity index is 1.89. The summed E-state index contributed by atoms with van der Waals surface area (Å²) in [5.74, 6) is -0.428. The van der Waals surface area contributed by atoms with Crippen LogP contribution in [0.4, 0.5) is 0 Å². The number of carbonyl (C=O) groups excluding carboxylic acids is 1. The van der Waals surface area contributed by atoms with E-state index in [1.54, 1.807) is 0 Å². The Labute approximate surface area is 159 Å². The molecule has 3 aromatic heterocycles. The number of aromatic nitrogens is 2. The number of primary amides is 1. The van der Waals surface area contributed by atoms with E-state index in [1.165, 1.54) is 11.3 Å². The molecule has 0 atom stereocenters. The lowest BCUT2D eigenvalue weighted by Gasteiger charge is -2.06. The van der Waals surface area contributed by atoms with E-state index in [4.69, 9.17) is 10.7 Å². The fraction of sp³-hybridized carbons (Fsp3) is 0. The molecule has 0 radical (unpaired) electrons. The van der Waals surface area contributed by atoms with Crippen molar-refractivity contribution in [2.45, 2.75) is 0 Å². The number of nitrogens with two attached hydrogens (primary N) is 1. The lowest BCUT2D eigenvalue weighted by atomic mass is 9.97. The van der Waals surface area contributed by atoms with Gasteiger partial charge in [-0.05, 0) is 29.3 Å². The standard InChI is InChI=1S/C22H15N3OS/c23-22(26)21-20(16-13-25-12-5-4-11-18(25)24-16)19-15(9-6-10-17(19)27-21)14-7-2-1-3-8-14/h1-13H,(H2,23,26). The van der Waals surface area contributed by atoms with E-state index in [9.17, 15) is 4.79 Å². The van der Waals surface area contributed by atoms with Gasteiger partial charge in [0.2, 0.25) is 0 Å². The summed E-state index contributed by atoms with van der Waals surface area (Å²) >= 11 is 1.42. The van der Waals surface area contributed by atoms with Crippen LogP contribution in [-0.4, -0.2) is 15.3 Å². The fourth-order valence-electron chi connectivity index (χ4n) is 3.48. The van der Waals surface area contributed by atoms with Crippen molar-refractivity contribution in [3.63, 3.8) is 0 Å². The number of hydrogen-bond acceptors (Lipinski definition) is 3. The van der Waals surface area contributed by atoms with Gasteiger partial charge in [0.25, 0.3) is 5.91 Å². The van der Waals surface area contributed by atoms with Crippen molar-refractivity contribution in [2.75, 3.05) is 0 Å². The van der Waals surface area contributed by atoms with Crippen molar-refractivity contribution in [3.8, 4) is 22.4 Å². The average Bonchev–Trinajstić information content (AvgIpc) is 3.29. The van der Waals surface area contributed by atoms with Crippen molar-refractivity contribution < 1.29 is 4.79 Å². The van der Waals surface area contributed by atoms with Crippen molar-refractivity contribution in [1.29, 1.82) is 0 Å². The molecule has 0 saturated heterocycles. The Hall–Kier alpha value is -3.44.